The monoisotopic (exact) mass is 317 g/mol. The number of aromatic nitrogens is 2. The fourth-order valence-electron chi connectivity index (χ4n) is 1.64. The van der Waals surface area contributed by atoms with E-state index in [9.17, 15) is 27.5 Å². The Morgan fingerprint density at radius 2 is 1.82 bits per heavy atom. The number of nitrogen functional groups attached to an aromatic ring is 1. The van der Waals surface area contributed by atoms with E-state index in [-0.39, 0.29) is 6.07 Å². The number of carboxylic acid groups (broad SMARTS) is 1. The van der Waals surface area contributed by atoms with Gasteiger partial charge in [-0.05, 0) is 12.1 Å². The number of rotatable bonds is 3. The second-order valence-corrected chi connectivity index (χ2v) is 4.09. The predicted octanol–water partition coefficient (Wildman–Crippen LogP) is 2.35. The average molecular weight is 317 g/mol. The van der Waals surface area contributed by atoms with Crippen molar-refractivity contribution in [3.63, 3.8) is 0 Å². The van der Waals surface area contributed by atoms with Gasteiger partial charge in [0.2, 0.25) is 0 Å². The maximum atomic E-state index is 13.8. The van der Waals surface area contributed by atoms with Crippen LogP contribution in [0.2, 0.25) is 0 Å². The number of hydrogen-bond donors (Lipinski definition) is 3. The first kappa shape index (κ1) is 15.5. The Balaban J connectivity index is 2.67. The molecule has 0 saturated heterocycles. The number of anilines is 1. The summed E-state index contributed by atoms with van der Waals surface area (Å²) < 4.78 is 52.2. The predicted molar refractivity (Wildman–Crippen MR) is 65.4 cm³/mol. The topological polar surface area (TPSA) is 109 Å². The number of aromatic hydroxyl groups is 1. The van der Waals surface area contributed by atoms with Crippen LogP contribution in [0.4, 0.5) is 23.4 Å². The molecular weight excluding hydrogens is 310 g/mol. The highest BCUT2D eigenvalue weighted by Gasteiger charge is 2.23. The molecule has 6 nitrogen and oxygen atoms in total. The lowest BCUT2D eigenvalue weighted by Gasteiger charge is -2.09. The third kappa shape index (κ3) is 2.62. The zero-order valence-electron chi connectivity index (χ0n) is 10.5. The number of carbonyl (C=O) groups is 1. The molecule has 10 heteroatoms. The molecular formula is C12H7F4N3O3. The number of halogens is 4. The molecule has 2 aromatic rings. The van der Waals surface area contributed by atoms with Crippen LogP contribution in [-0.4, -0.2) is 26.2 Å². The van der Waals surface area contributed by atoms with E-state index in [2.05, 4.69) is 9.97 Å². The lowest BCUT2D eigenvalue weighted by molar-refractivity contribution is 0.0687. The number of carboxylic acids is 1. The van der Waals surface area contributed by atoms with Crippen molar-refractivity contribution in [2.75, 3.05) is 5.73 Å². The Bertz CT molecular complexity index is 768. The molecule has 1 aromatic heterocycles. The molecule has 0 aliphatic carbocycles. The molecule has 22 heavy (non-hydrogen) atoms. The largest absolute Gasteiger partial charge is 0.503 e. The van der Waals surface area contributed by atoms with Gasteiger partial charge in [0, 0.05) is 0 Å². The van der Waals surface area contributed by atoms with E-state index in [0.717, 1.165) is 0 Å². The van der Waals surface area contributed by atoms with E-state index in [1.54, 1.807) is 0 Å². The average Bonchev–Trinajstić information content (AvgIpc) is 2.43. The molecule has 0 fully saturated rings. The van der Waals surface area contributed by atoms with Gasteiger partial charge in [-0.1, -0.05) is 0 Å². The molecule has 0 atom stereocenters. The van der Waals surface area contributed by atoms with Crippen molar-refractivity contribution in [1.82, 2.24) is 9.97 Å². The van der Waals surface area contributed by atoms with E-state index in [0.29, 0.717) is 6.07 Å². The molecule has 1 aromatic carbocycles. The Morgan fingerprint density at radius 1 is 1.18 bits per heavy atom. The lowest BCUT2D eigenvalue weighted by atomic mass is 10.1. The van der Waals surface area contributed by atoms with Crippen LogP contribution in [0, 0.1) is 11.6 Å². The van der Waals surface area contributed by atoms with Crippen molar-refractivity contribution in [3.05, 3.63) is 35.0 Å². The molecule has 1 heterocycles. The third-order valence-electron chi connectivity index (χ3n) is 2.68. The van der Waals surface area contributed by atoms with Crippen LogP contribution >= 0.6 is 0 Å². The van der Waals surface area contributed by atoms with E-state index >= 15 is 0 Å². The Labute approximate surface area is 119 Å². The van der Waals surface area contributed by atoms with Crippen molar-refractivity contribution >= 4 is 11.8 Å². The van der Waals surface area contributed by atoms with Crippen LogP contribution in [0.15, 0.2) is 12.1 Å². The number of aromatic carboxylic acids is 1. The molecule has 0 aliphatic heterocycles. The molecule has 0 aliphatic rings. The van der Waals surface area contributed by atoms with E-state index in [1.165, 1.54) is 0 Å². The van der Waals surface area contributed by atoms with Crippen molar-refractivity contribution < 1.29 is 32.6 Å². The summed E-state index contributed by atoms with van der Waals surface area (Å²) in [6.45, 7) is 0. The van der Waals surface area contributed by atoms with Crippen molar-refractivity contribution in [2.45, 2.75) is 6.43 Å². The third-order valence-corrected chi connectivity index (χ3v) is 2.68. The van der Waals surface area contributed by atoms with Gasteiger partial charge in [0.25, 0.3) is 6.43 Å². The number of hydrogen-bond acceptors (Lipinski definition) is 5. The maximum absolute atomic E-state index is 13.8. The first-order chi connectivity index (χ1) is 10.2. The first-order valence-electron chi connectivity index (χ1n) is 5.59. The molecule has 0 bridgehead atoms. The Morgan fingerprint density at radius 3 is 2.36 bits per heavy atom. The number of nitrogens with two attached hydrogens (primary N) is 1. The fourth-order valence-corrected chi connectivity index (χ4v) is 1.64. The minimum atomic E-state index is -3.23. The first-order valence-corrected chi connectivity index (χ1v) is 5.59. The molecule has 0 unspecified atom stereocenters. The van der Waals surface area contributed by atoms with Crippen LogP contribution in [0.3, 0.4) is 0 Å². The minimum Gasteiger partial charge on any atom is -0.503 e. The lowest BCUT2D eigenvalue weighted by Crippen LogP contribution is -2.08. The van der Waals surface area contributed by atoms with Gasteiger partial charge in [-0.3, -0.25) is 0 Å². The van der Waals surface area contributed by atoms with Crippen LogP contribution in [-0.2, 0) is 0 Å². The summed E-state index contributed by atoms with van der Waals surface area (Å²) in [6, 6.07) is 0.649. The van der Waals surface area contributed by atoms with Crippen LogP contribution in [0.25, 0.3) is 11.4 Å². The van der Waals surface area contributed by atoms with E-state index in [1.807, 2.05) is 0 Å². The van der Waals surface area contributed by atoms with E-state index in [4.69, 9.17) is 10.8 Å². The SMILES string of the molecule is Nc1nc(-c2cc(F)c(C(F)F)cc2F)nc(C(=O)O)c1O. The van der Waals surface area contributed by atoms with Crippen molar-refractivity contribution in [3.8, 4) is 17.1 Å². The van der Waals surface area contributed by atoms with Crippen LogP contribution in [0.5, 0.6) is 5.75 Å². The molecule has 0 spiro atoms. The van der Waals surface area contributed by atoms with Gasteiger partial charge in [0.05, 0.1) is 11.1 Å². The van der Waals surface area contributed by atoms with Gasteiger partial charge in [0.15, 0.2) is 23.1 Å². The van der Waals surface area contributed by atoms with Crippen molar-refractivity contribution in [1.29, 1.82) is 0 Å². The van der Waals surface area contributed by atoms with Gasteiger partial charge < -0.3 is 15.9 Å². The second-order valence-electron chi connectivity index (χ2n) is 4.09. The number of alkyl halides is 2. The smallest absolute Gasteiger partial charge is 0.358 e. The standard InChI is InChI=1S/C12H7F4N3O3/c13-5-2-4(6(14)1-3(5)9(15)16)11-18-7(12(21)22)8(20)10(17)19-11/h1-2,9,20H,(H,21,22)(H2,17,18,19). The summed E-state index contributed by atoms with van der Waals surface area (Å²) in [6.07, 6.45) is -3.23. The number of benzene rings is 1. The van der Waals surface area contributed by atoms with Crippen LogP contribution < -0.4 is 5.73 Å². The molecule has 0 saturated carbocycles. The van der Waals surface area contributed by atoms with Gasteiger partial charge >= 0.3 is 5.97 Å². The Kier molecular flexibility index (Phi) is 3.85. The van der Waals surface area contributed by atoms with Crippen LogP contribution in [0.1, 0.15) is 22.5 Å². The summed E-state index contributed by atoms with van der Waals surface area (Å²) in [5.74, 6) is -6.68. The molecule has 0 amide bonds. The van der Waals surface area contributed by atoms with Gasteiger partial charge in [-0.25, -0.2) is 32.3 Å². The maximum Gasteiger partial charge on any atom is 0.358 e. The highest BCUT2D eigenvalue weighted by Crippen LogP contribution is 2.31. The van der Waals surface area contributed by atoms with Gasteiger partial charge in [0.1, 0.15) is 11.6 Å². The summed E-state index contributed by atoms with van der Waals surface area (Å²) in [7, 11) is 0. The summed E-state index contributed by atoms with van der Waals surface area (Å²) >= 11 is 0. The summed E-state index contributed by atoms with van der Waals surface area (Å²) in [4.78, 5) is 17.6. The van der Waals surface area contributed by atoms with Gasteiger partial charge in [-0.2, -0.15) is 0 Å². The minimum absolute atomic E-state index is 0.252. The van der Waals surface area contributed by atoms with E-state index < -0.39 is 58.2 Å². The normalized spacial score (nSPS) is 11.0. The van der Waals surface area contributed by atoms with Gasteiger partial charge in [-0.15, -0.1) is 0 Å². The molecule has 0 radical (unpaired) electrons. The number of nitrogens with zero attached hydrogens (tertiary/aromatic N) is 2. The van der Waals surface area contributed by atoms with Crippen molar-refractivity contribution in [2.24, 2.45) is 0 Å². The highest BCUT2D eigenvalue weighted by atomic mass is 19.3. The summed E-state index contributed by atoms with van der Waals surface area (Å²) in [5.41, 5.74) is 2.50. The second kappa shape index (κ2) is 5.47. The molecule has 2 rings (SSSR count). The molecule has 4 N–H and O–H groups in total. The zero-order valence-corrected chi connectivity index (χ0v) is 10.5. The zero-order chi connectivity index (χ0) is 16.6. The Hall–Kier alpha value is -2.91. The molecule has 116 valence electrons. The quantitative estimate of drug-likeness (QED) is 0.750. The summed E-state index contributed by atoms with van der Waals surface area (Å²) in [5, 5.41) is 18.2. The highest BCUT2D eigenvalue weighted by molar-refractivity contribution is 5.90. The fraction of sp³-hybridized carbons (Fsp3) is 0.0833.